The van der Waals surface area contributed by atoms with Crippen molar-refractivity contribution in [1.82, 2.24) is 15.1 Å². The molecule has 3 atom stereocenters. The van der Waals surface area contributed by atoms with E-state index in [9.17, 15) is 9.59 Å². The van der Waals surface area contributed by atoms with E-state index >= 15 is 0 Å². The van der Waals surface area contributed by atoms with Crippen molar-refractivity contribution in [1.29, 1.82) is 0 Å². The van der Waals surface area contributed by atoms with Crippen molar-refractivity contribution in [3.05, 3.63) is 75.5 Å². The molecule has 154 valence electrons. The molecule has 0 saturated heterocycles. The van der Waals surface area contributed by atoms with Gasteiger partial charge in [0, 0.05) is 22.0 Å². The van der Waals surface area contributed by atoms with Crippen molar-refractivity contribution in [2.75, 3.05) is 0 Å². The second-order valence-corrected chi connectivity index (χ2v) is 8.93. The molecule has 1 amide bonds. The van der Waals surface area contributed by atoms with Crippen molar-refractivity contribution < 1.29 is 4.79 Å². The molecule has 2 aliphatic carbocycles. The molecule has 1 heterocycles. The Balaban J connectivity index is 1.28. The Bertz CT molecular complexity index is 1150. The zero-order valence-electron chi connectivity index (χ0n) is 16.8. The highest BCUT2D eigenvalue weighted by molar-refractivity contribution is 6.30. The van der Waals surface area contributed by atoms with Crippen LogP contribution in [0.15, 0.2) is 59.5 Å². The number of nitrogens with one attached hydrogen (secondary N) is 1. The van der Waals surface area contributed by atoms with Crippen LogP contribution in [0.3, 0.4) is 0 Å². The number of carbonyl (C=O) groups excluding carboxylic acids is 1. The summed E-state index contributed by atoms with van der Waals surface area (Å²) in [5.41, 5.74) is 1.53. The topological polar surface area (TPSA) is 64.0 Å². The summed E-state index contributed by atoms with van der Waals surface area (Å²) in [4.78, 5) is 24.8. The van der Waals surface area contributed by atoms with Crippen LogP contribution in [0.5, 0.6) is 0 Å². The molecule has 0 bridgehead atoms. The maximum absolute atomic E-state index is 12.6. The molecule has 0 aliphatic heterocycles. The normalized spacial score (nSPS) is 25.7. The number of benzene rings is 2. The van der Waals surface area contributed by atoms with Crippen molar-refractivity contribution >= 4 is 28.4 Å². The van der Waals surface area contributed by atoms with Gasteiger partial charge in [-0.1, -0.05) is 30.7 Å². The minimum Gasteiger partial charge on any atom is -0.349 e. The largest absolute Gasteiger partial charge is 0.349 e. The third kappa shape index (κ3) is 3.31. The zero-order valence-corrected chi connectivity index (χ0v) is 17.5. The third-order valence-corrected chi connectivity index (χ3v) is 7.13. The second-order valence-electron chi connectivity index (χ2n) is 8.50. The number of rotatable bonds is 5. The van der Waals surface area contributed by atoms with Gasteiger partial charge in [0.05, 0.1) is 17.8 Å². The van der Waals surface area contributed by atoms with E-state index in [1.165, 1.54) is 6.20 Å². The first-order chi connectivity index (χ1) is 14.6. The van der Waals surface area contributed by atoms with Crippen LogP contribution in [-0.4, -0.2) is 21.7 Å². The van der Waals surface area contributed by atoms with Crippen LogP contribution in [0.2, 0.25) is 5.02 Å². The first kappa shape index (κ1) is 19.3. The number of nitrogens with zero attached hydrogens (tertiary/aromatic N) is 2. The molecule has 1 aromatic heterocycles. The van der Waals surface area contributed by atoms with Gasteiger partial charge in [0.15, 0.2) is 0 Å². The molecule has 5 rings (SSSR count). The summed E-state index contributed by atoms with van der Waals surface area (Å²) in [7, 11) is 0. The average Bonchev–Trinajstić information content (AvgIpc) is 3.25. The molecule has 5 nitrogen and oxygen atoms in total. The Kier molecular flexibility index (Phi) is 4.86. The van der Waals surface area contributed by atoms with Crippen LogP contribution in [-0.2, 0) is 0 Å². The van der Waals surface area contributed by atoms with Gasteiger partial charge >= 0.3 is 0 Å². The van der Waals surface area contributed by atoms with Gasteiger partial charge in [0.25, 0.3) is 5.91 Å². The fraction of sp³-hybridized carbons (Fsp3) is 0.375. The van der Waals surface area contributed by atoms with Gasteiger partial charge < -0.3 is 5.32 Å². The van der Waals surface area contributed by atoms with Crippen molar-refractivity contribution in [3.63, 3.8) is 0 Å². The molecule has 30 heavy (non-hydrogen) atoms. The Morgan fingerprint density at radius 2 is 1.87 bits per heavy atom. The van der Waals surface area contributed by atoms with Crippen LogP contribution in [0.4, 0.5) is 0 Å². The van der Waals surface area contributed by atoms with Crippen molar-refractivity contribution in [2.45, 2.75) is 38.3 Å². The lowest BCUT2D eigenvalue weighted by Crippen LogP contribution is -2.37. The van der Waals surface area contributed by atoms with E-state index in [0.717, 1.165) is 30.2 Å². The Hall–Kier alpha value is -2.66. The first-order valence-corrected chi connectivity index (χ1v) is 11.0. The Morgan fingerprint density at radius 3 is 2.57 bits per heavy atom. The monoisotopic (exact) mass is 421 g/mol. The van der Waals surface area contributed by atoms with E-state index in [1.54, 1.807) is 24.3 Å². The van der Waals surface area contributed by atoms with Crippen LogP contribution < -0.4 is 10.7 Å². The fourth-order valence-corrected chi connectivity index (χ4v) is 5.53. The molecular formula is C24H24ClN3O2. The number of halogens is 1. The predicted molar refractivity (Wildman–Crippen MR) is 118 cm³/mol. The molecule has 3 unspecified atom stereocenters. The van der Waals surface area contributed by atoms with E-state index in [-0.39, 0.29) is 17.4 Å². The molecule has 2 fully saturated rings. The second kappa shape index (κ2) is 7.55. The van der Waals surface area contributed by atoms with Crippen molar-refractivity contribution in [3.8, 4) is 0 Å². The Morgan fingerprint density at radius 1 is 1.17 bits per heavy atom. The molecule has 0 spiro atoms. The van der Waals surface area contributed by atoms with Crippen LogP contribution >= 0.6 is 11.6 Å². The summed E-state index contributed by atoms with van der Waals surface area (Å²) >= 11 is 5.93. The van der Waals surface area contributed by atoms with Crippen LogP contribution in [0.25, 0.3) is 10.9 Å². The summed E-state index contributed by atoms with van der Waals surface area (Å²) in [5, 5.41) is 9.05. The summed E-state index contributed by atoms with van der Waals surface area (Å²) in [6.45, 7) is 2.13. The van der Waals surface area contributed by atoms with Crippen molar-refractivity contribution in [2.24, 2.45) is 17.8 Å². The van der Waals surface area contributed by atoms with E-state index in [2.05, 4.69) is 17.3 Å². The number of aromatic nitrogens is 2. The molecule has 2 saturated carbocycles. The highest BCUT2D eigenvalue weighted by atomic mass is 35.5. The lowest BCUT2D eigenvalue weighted by atomic mass is 9.99. The van der Waals surface area contributed by atoms with Gasteiger partial charge in [-0.25, -0.2) is 0 Å². The highest BCUT2D eigenvalue weighted by Gasteiger charge is 2.59. The average molecular weight is 422 g/mol. The van der Waals surface area contributed by atoms with Gasteiger partial charge in [-0.05, 0) is 73.4 Å². The van der Waals surface area contributed by atoms with E-state index in [0.29, 0.717) is 34.4 Å². The van der Waals surface area contributed by atoms with Crippen LogP contribution in [0, 0.1) is 17.8 Å². The summed E-state index contributed by atoms with van der Waals surface area (Å²) in [6, 6.07) is 15.2. The molecule has 2 aromatic carbocycles. The van der Waals surface area contributed by atoms with Crippen LogP contribution in [0.1, 0.15) is 42.6 Å². The zero-order chi connectivity index (χ0) is 20.8. The third-order valence-electron chi connectivity index (χ3n) is 6.88. The lowest BCUT2D eigenvalue weighted by molar-refractivity contribution is 0.0926. The number of fused-ring (bicyclic) bond motifs is 2. The number of para-hydroxylation sites is 1. The summed E-state index contributed by atoms with van der Waals surface area (Å²) in [6.07, 6.45) is 4.44. The quantitative estimate of drug-likeness (QED) is 0.661. The Labute approximate surface area is 180 Å². The van der Waals surface area contributed by atoms with Gasteiger partial charge in [-0.3, -0.25) is 14.3 Å². The molecule has 1 N–H and O–H groups in total. The maximum Gasteiger partial charge on any atom is 0.251 e. The smallest absolute Gasteiger partial charge is 0.251 e. The first-order valence-electron chi connectivity index (χ1n) is 10.6. The summed E-state index contributed by atoms with van der Waals surface area (Å²) < 4.78 is 2.03. The van der Waals surface area contributed by atoms with Gasteiger partial charge in [0.2, 0.25) is 5.43 Å². The van der Waals surface area contributed by atoms with Gasteiger partial charge in [-0.15, -0.1) is 0 Å². The maximum atomic E-state index is 12.6. The highest BCUT2D eigenvalue weighted by Crippen LogP contribution is 2.62. The van der Waals surface area contributed by atoms with E-state index < -0.39 is 0 Å². The number of carbonyl (C=O) groups is 1. The minimum atomic E-state index is -0.0342. The molecule has 2 aliphatic rings. The number of hydrogen-bond donors (Lipinski definition) is 1. The van der Waals surface area contributed by atoms with Gasteiger partial charge in [-0.2, -0.15) is 5.10 Å². The molecule has 0 radical (unpaired) electrons. The fourth-order valence-electron chi connectivity index (χ4n) is 5.40. The minimum absolute atomic E-state index is 0.0289. The number of hydrogen-bond acceptors (Lipinski definition) is 3. The SMILES string of the molecule is CCC(NC(=O)c1ccc(Cl)cc1)C1C2CC(n3ncc(=O)c4ccccc43)CC21. The van der Waals surface area contributed by atoms with E-state index in [4.69, 9.17) is 11.6 Å². The van der Waals surface area contributed by atoms with E-state index in [1.807, 2.05) is 28.9 Å². The van der Waals surface area contributed by atoms with Gasteiger partial charge in [0.1, 0.15) is 0 Å². The molecular weight excluding hydrogens is 398 g/mol. The molecule has 6 heteroatoms. The standard InChI is InChI=1S/C24H24ClN3O2/c1-2-20(27-24(30)14-7-9-15(25)10-8-14)23-18-11-16(12-19(18)23)28-21-6-4-3-5-17(21)22(29)13-26-28/h3-10,13,16,18-20,23H,2,11-12H2,1H3,(H,27,30). The lowest BCUT2D eigenvalue weighted by Gasteiger charge is -2.23. The predicted octanol–water partition coefficient (Wildman–Crippen LogP) is 4.46. The number of amides is 1. The molecule has 3 aromatic rings. The summed E-state index contributed by atoms with van der Waals surface area (Å²) in [5.74, 6) is 1.69.